The molecule has 8 heteroatoms. The summed E-state index contributed by atoms with van der Waals surface area (Å²) in [5, 5.41) is 17.6. The van der Waals surface area contributed by atoms with E-state index in [0.29, 0.717) is 24.7 Å². The summed E-state index contributed by atoms with van der Waals surface area (Å²) in [6.45, 7) is 0.800. The van der Waals surface area contributed by atoms with Gasteiger partial charge in [-0.3, -0.25) is 0 Å². The van der Waals surface area contributed by atoms with Gasteiger partial charge < -0.3 is 27.4 Å². The highest BCUT2D eigenvalue weighted by molar-refractivity contribution is 7.96. The third-order valence-corrected chi connectivity index (χ3v) is 4.19. The minimum absolute atomic E-state index is 0. The van der Waals surface area contributed by atoms with E-state index in [1.54, 1.807) is 0 Å². The van der Waals surface area contributed by atoms with Crippen LogP contribution < -0.4 is 12.4 Å². The van der Waals surface area contributed by atoms with Crippen LogP contribution in [0.25, 0.3) is 0 Å². The quantitative estimate of drug-likeness (QED) is 0.412. The molecule has 1 aliphatic rings. The molecule has 1 rings (SSSR count). The van der Waals surface area contributed by atoms with Crippen molar-refractivity contribution in [3.05, 3.63) is 0 Å². The van der Waals surface area contributed by atoms with E-state index in [4.69, 9.17) is 14.9 Å². The fraction of sp³-hybridized carbons (Fsp3) is 1.00. The van der Waals surface area contributed by atoms with Crippen LogP contribution in [0.3, 0.4) is 0 Å². The summed E-state index contributed by atoms with van der Waals surface area (Å²) >= 11 is 0. The highest BCUT2D eigenvalue weighted by Crippen LogP contribution is 2.30. The normalized spacial score (nSPS) is 19.8. The summed E-state index contributed by atoms with van der Waals surface area (Å²) in [6.07, 6.45) is -4.97. The highest BCUT2D eigenvalue weighted by atomic mass is 35.5. The molecule has 2 N–H and O–H groups in total. The Hall–Kier alpha value is 0.310. The molecule has 0 bridgehead atoms. The Morgan fingerprint density at radius 3 is 2.00 bits per heavy atom. The summed E-state index contributed by atoms with van der Waals surface area (Å²) in [5.74, 6) is -3.24. The smallest absolute Gasteiger partial charge is 0.448 e. The van der Waals surface area contributed by atoms with Gasteiger partial charge in [0.05, 0.1) is 13.2 Å². The largest absolute Gasteiger partial charge is 1.00 e. The van der Waals surface area contributed by atoms with Crippen molar-refractivity contribution in [3.8, 4) is 0 Å². The lowest BCUT2D eigenvalue weighted by atomic mass is 10.3. The Balaban J connectivity index is 0.00000196. The van der Waals surface area contributed by atoms with Crippen molar-refractivity contribution >= 4 is 10.9 Å². The fourth-order valence-electron chi connectivity index (χ4n) is 1.07. The third kappa shape index (κ3) is 4.36. The number of aliphatic hydroxyl groups is 2. The molecule has 3 nitrogen and oxygen atoms in total. The van der Waals surface area contributed by atoms with Crippen molar-refractivity contribution in [1.82, 2.24) is 0 Å². The van der Waals surface area contributed by atoms with Crippen LogP contribution in [0.4, 0.5) is 13.2 Å². The topological polar surface area (TPSA) is 49.7 Å². The van der Waals surface area contributed by atoms with Crippen molar-refractivity contribution in [3.63, 3.8) is 0 Å². The zero-order valence-corrected chi connectivity index (χ0v) is 9.33. The molecule has 0 radical (unpaired) electrons. The van der Waals surface area contributed by atoms with Crippen LogP contribution in [0.1, 0.15) is 0 Å². The Kier molecular flexibility index (Phi) is 5.70. The Bertz CT molecular complexity index is 194. The molecule has 0 unspecified atom stereocenters. The summed E-state index contributed by atoms with van der Waals surface area (Å²) < 4.78 is 41.1. The summed E-state index contributed by atoms with van der Waals surface area (Å²) in [6, 6.07) is 0. The van der Waals surface area contributed by atoms with E-state index in [2.05, 4.69) is 0 Å². The van der Waals surface area contributed by atoms with Gasteiger partial charge in [-0.15, -0.1) is 0 Å². The van der Waals surface area contributed by atoms with Crippen LogP contribution in [0.5, 0.6) is 0 Å². The van der Waals surface area contributed by atoms with E-state index in [-0.39, 0.29) is 12.4 Å². The van der Waals surface area contributed by atoms with Gasteiger partial charge in [-0.2, -0.15) is 13.2 Å². The van der Waals surface area contributed by atoms with Crippen molar-refractivity contribution in [2.75, 3.05) is 30.5 Å². The Morgan fingerprint density at radius 1 is 1.13 bits per heavy atom. The van der Waals surface area contributed by atoms with E-state index in [1.807, 2.05) is 0 Å². The number of ether oxygens (including phenoxy) is 1. The lowest BCUT2D eigenvalue weighted by molar-refractivity contribution is -0.336. The van der Waals surface area contributed by atoms with Crippen LogP contribution in [0, 0.1) is 0 Å². The minimum Gasteiger partial charge on any atom is -1.00 e. The average Bonchev–Trinajstić information content (AvgIpc) is 2.03. The number of hydrogen-bond acceptors (Lipinski definition) is 3. The zero-order valence-electron chi connectivity index (χ0n) is 7.76. The van der Waals surface area contributed by atoms with Crippen LogP contribution >= 0.6 is 0 Å². The standard InChI is InChI=1S/C7H12F3O3S.ClH/c8-7(9,10)6(11,12)5-14-3-1-13-2-4-14;/h11-12H,1-5H2;1H/q+1;/p-1. The SMILES string of the molecule is OC(O)(C[S+]1CCOCC1)C(F)(F)F.[Cl-]. The van der Waals surface area contributed by atoms with Gasteiger partial charge in [0.25, 0.3) is 0 Å². The first-order valence-corrected chi connectivity index (χ1v) is 5.79. The molecule has 1 fully saturated rings. The maximum absolute atomic E-state index is 12.1. The van der Waals surface area contributed by atoms with Gasteiger partial charge in [0, 0.05) is 0 Å². The van der Waals surface area contributed by atoms with E-state index in [0.717, 1.165) is 0 Å². The van der Waals surface area contributed by atoms with Gasteiger partial charge >= 0.3 is 12.0 Å². The monoisotopic (exact) mass is 268 g/mol. The molecular weight excluding hydrogens is 257 g/mol. The molecule has 1 aliphatic heterocycles. The summed E-state index contributed by atoms with van der Waals surface area (Å²) in [5.41, 5.74) is 0. The lowest BCUT2D eigenvalue weighted by Gasteiger charge is -2.25. The lowest BCUT2D eigenvalue weighted by Crippen LogP contribution is -3.00. The van der Waals surface area contributed by atoms with E-state index in [1.165, 1.54) is 0 Å². The molecule has 0 atom stereocenters. The molecule has 0 aromatic carbocycles. The number of rotatable bonds is 2. The third-order valence-electron chi connectivity index (χ3n) is 1.89. The average molecular weight is 269 g/mol. The van der Waals surface area contributed by atoms with E-state index >= 15 is 0 Å². The van der Waals surface area contributed by atoms with Crippen LogP contribution in [0.15, 0.2) is 0 Å². The second-order valence-electron chi connectivity index (χ2n) is 3.09. The molecule has 0 saturated carbocycles. The predicted octanol–water partition coefficient (Wildman–Crippen LogP) is -3.12. The van der Waals surface area contributed by atoms with Crippen LogP contribution in [-0.2, 0) is 15.6 Å². The minimum atomic E-state index is -4.97. The fourth-order valence-corrected chi connectivity index (χ4v) is 3.00. The number of halogens is 4. The van der Waals surface area contributed by atoms with Gasteiger partial charge in [0.2, 0.25) is 0 Å². The first-order valence-electron chi connectivity index (χ1n) is 4.06. The first kappa shape index (κ1) is 15.3. The molecule has 1 saturated heterocycles. The van der Waals surface area contributed by atoms with Crippen molar-refractivity contribution in [2.45, 2.75) is 12.0 Å². The van der Waals surface area contributed by atoms with Crippen LogP contribution in [0.2, 0.25) is 0 Å². The van der Waals surface area contributed by atoms with Crippen LogP contribution in [-0.4, -0.2) is 52.6 Å². The molecule has 0 aromatic rings. The summed E-state index contributed by atoms with van der Waals surface area (Å²) in [7, 11) is -0.606. The summed E-state index contributed by atoms with van der Waals surface area (Å²) in [4.78, 5) is 0. The predicted molar refractivity (Wildman–Crippen MR) is 46.0 cm³/mol. The van der Waals surface area contributed by atoms with Crippen molar-refractivity contribution in [2.24, 2.45) is 0 Å². The molecule has 0 amide bonds. The van der Waals surface area contributed by atoms with Gasteiger partial charge in [-0.1, -0.05) is 0 Å². The first-order chi connectivity index (χ1) is 6.33. The second-order valence-corrected chi connectivity index (χ2v) is 5.42. The Morgan fingerprint density at radius 2 is 1.60 bits per heavy atom. The molecule has 1 heterocycles. The Labute approximate surface area is 94.4 Å². The number of hydrogen-bond donors (Lipinski definition) is 2. The zero-order chi connectivity index (χ0) is 10.8. The molecule has 0 aromatic heterocycles. The van der Waals surface area contributed by atoms with Gasteiger partial charge in [0.1, 0.15) is 11.5 Å². The van der Waals surface area contributed by atoms with Gasteiger partial charge in [-0.25, -0.2) is 0 Å². The molecule has 15 heavy (non-hydrogen) atoms. The van der Waals surface area contributed by atoms with Crippen molar-refractivity contribution in [1.29, 1.82) is 0 Å². The molecule has 0 aliphatic carbocycles. The van der Waals surface area contributed by atoms with E-state index in [9.17, 15) is 13.2 Å². The van der Waals surface area contributed by atoms with Gasteiger partial charge in [0.15, 0.2) is 5.75 Å². The van der Waals surface area contributed by atoms with Gasteiger partial charge in [-0.05, 0) is 10.9 Å². The molecule has 92 valence electrons. The maximum atomic E-state index is 12.1. The highest BCUT2D eigenvalue weighted by Gasteiger charge is 2.57. The van der Waals surface area contributed by atoms with E-state index < -0.39 is 28.6 Å². The van der Waals surface area contributed by atoms with Crippen molar-refractivity contribution < 1.29 is 40.5 Å². The second kappa shape index (κ2) is 5.58. The number of alkyl halides is 3. The molecule has 0 spiro atoms. The maximum Gasteiger partial charge on any atom is 0.448 e. The molecular formula is C7H12ClF3O3S.